The standard InChI is InChI=1S/C24H34N2O6S/c1-7-12-26(23(28)32-24(3,4)5)22-25-19-20(15(2)18(13-27)31-21(19)33-22)30-14-16-8-10-17(29-6)11-9-16/h7-11,15,18-21,27H,1,12-14H2,2-6H3/t15-,18-,19-,20+,21-/m1/s1. The van der Waals surface area contributed by atoms with E-state index in [-0.39, 0.29) is 42.8 Å². The van der Waals surface area contributed by atoms with Gasteiger partial charge in [0.2, 0.25) is 0 Å². The van der Waals surface area contributed by atoms with Crippen LogP contribution in [0.1, 0.15) is 33.3 Å². The van der Waals surface area contributed by atoms with Gasteiger partial charge < -0.3 is 24.1 Å². The molecular formula is C24H34N2O6S. The van der Waals surface area contributed by atoms with Crippen LogP contribution in [-0.4, -0.2) is 70.8 Å². The first-order valence-electron chi connectivity index (χ1n) is 11.0. The maximum atomic E-state index is 12.8. The van der Waals surface area contributed by atoms with Gasteiger partial charge in [-0.05, 0) is 38.5 Å². The van der Waals surface area contributed by atoms with Crippen molar-refractivity contribution in [2.75, 3.05) is 20.3 Å². The number of benzene rings is 1. The molecule has 1 saturated heterocycles. The molecular weight excluding hydrogens is 444 g/mol. The lowest BCUT2D eigenvalue weighted by atomic mass is 9.90. The van der Waals surface area contributed by atoms with Gasteiger partial charge in [-0.3, -0.25) is 9.89 Å². The Labute approximate surface area is 199 Å². The molecule has 2 heterocycles. The highest BCUT2D eigenvalue weighted by atomic mass is 32.2. The normalized spacial score (nSPS) is 26.8. The number of carbonyl (C=O) groups excluding carboxylic acids is 1. The van der Waals surface area contributed by atoms with Crippen molar-refractivity contribution >= 4 is 23.0 Å². The number of hydrogen-bond acceptors (Lipinski definition) is 8. The van der Waals surface area contributed by atoms with E-state index in [2.05, 4.69) is 6.58 Å². The van der Waals surface area contributed by atoms with Gasteiger partial charge in [-0.15, -0.1) is 6.58 Å². The molecule has 0 unspecified atom stereocenters. The summed E-state index contributed by atoms with van der Waals surface area (Å²) >= 11 is 1.35. The van der Waals surface area contributed by atoms with Crippen molar-refractivity contribution in [2.45, 2.75) is 63.6 Å². The van der Waals surface area contributed by atoms with Gasteiger partial charge in [0.05, 0.1) is 32.5 Å². The molecule has 0 radical (unpaired) electrons. The smallest absolute Gasteiger partial charge is 0.416 e. The van der Waals surface area contributed by atoms with Crippen LogP contribution in [0, 0.1) is 5.92 Å². The van der Waals surface area contributed by atoms with E-state index in [1.165, 1.54) is 16.7 Å². The van der Waals surface area contributed by atoms with E-state index in [4.69, 9.17) is 23.9 Å². The average Bonchev–Trinajstić information content (AvgIpc) is 3.18. The lowest BCUT2D eigenvalue weighted by molar-refractivity contribution is -0.148. The van der Waals surface area contributed by atoms with Gasteiger partial charge in [-0.1, -0.05) is 36.9 Å². The zero-order valence-corrected chi connectivity index (χ0v) is 20.7. The van der Waals surface area contributed by atoms with Crippen LogP contribution in [0.5, 0.6) is 5.75 Å². The Kier molecular flexibility index (Phi) is 8.44. The Morgan fingerprint density at radius 1 is 1.33 bits per heavy atom. The summed E-state index contributed by atoms with van der Waals surface area (Å²) in [5.74, 6) is 0.692. The van der Waals surface area contributed by atoms with E-state index in [1.54, 1.807) is 13.2 Å². The van der Waals surface area contributed by atoms with Crippen LogP contribution in [-0.2, 0) is 20.8 Å². The third kappa shape index (κ3) is 6.29. The monoisotopic (exact) mass is 478 g/mol. The number of aliphatic hydroxyl groups excluding tert-OH is 1. The van der Waals surface area contributed by atoms with E-state index in [1.807, 2.05) is 52.0 Å². The molecule has 182 valence electrons. The van der Waals surface area contributed by atoms with E-state index < -0.39 is 11.7 Å². The van der Waals surface area contributed by atoms with E-state index in [0.29, 0.717) is 11.8 Å². The molecule has 0 bridgehead atoms. The maximum absolute atomic E-state index is 12.8. The molecule has 0 saturated carbocycles. The maximum Gasteiger partial charge on any atom is 0.416 e. The number of hydrogen-bond donors (Lipinski definition) is 1. The minimum atomic E-state index is -0.635. The molecule has 3 rings (SSSR count). The predicted octanol–water partition coefficient (Wildman–Crippen LogP) is 3.83. The van der Waals surface area contributed by atoms with E-state index >= 15 is 0 Å². The summed E-state index contributed by atoms with van der Waals surface area (Å²) in [5.41, 5.74) is -0.00292. The van der Waals surface area contributed by atoms with Gasteiger partial charge in [0.25, 0.3) is 0 Å². The van der Waals surface area contributed by atoms with Crippen LogP contribution >= 0.6 is 11.8 Å². The van der Waals surface area contributed by atoms with Crippen molar-refractivity contribution in [1.29, 1.82) is 0 Å². The highest BCUT2D eigenvalue weighted by molar-refractivity contribution is 8.14. The van der Waals surface area contributed by atoms with Gasteiger partial charge in [0.15, 0.2) is 5.17 Å². The number of amides is 1. The highest BCUT2D eigenvalue weighted by Gasteiger charge is 2.49. The summed E-state index contributed by atoms with van der Waals surface area (Å²) in [6, 6.07) is 7.37. The average molecular weight is 479 g/mol. The Morgan fingerprint density at radius 3 is 2.61 bits per heavy atom. The third-order valence-electron chi connectivity index (χ3n) is 5.45. The number of fused-ring (bicyclic) bond motifs is 1. The summed E-state index contributed by atoms with van der Waals surface area (Å²) in [4.78, 5) is 19.1. The molecule has 0 spiro atoms. The summed E-state index contributed by atoms with van der Waals surface area (Å²) in [7, 11) is 1.63. The third-order valence-corrected chi connectivity index (χ3v) is 6.61. The molecule has 5 atom stereocenters. The number of amidine groups is 1. The lowest BCUT2D eigenvalue weighted by Gasteiger charge is -2.41. The SMILES string of the molecule is C=CCN(C(=O)OC(C)(C)C)C1=N[C@@H]2[C@@H](OCc3ccc(OC)cc3)[C@H](C)[C@@H](CO)O[C@@H]2S1. The number of ether oxygens (including phenoxy) is 4. The quantitative estimate of drug-likeness (QED) is 0.596. The number of nitrogens with zero attached hydrogens (tertiary/aromatic N) is 2. The summed E-state index contributed by atoms with van der Waals surface area (Å²) in [6.45, 7) is 11.7. The molecule has 8 nitrogen and oxygen atoms in total. The van der Waals surface area contributed by atoms with E-state index in [0.717, 1.165) is 11.3 Å². The zero-order valence-electron chi connectivity index (χ0n) is 19.9. The molecule has 9 heteroatoms. The van der Waals surface area contributed by atoms with Crippen LogP contribution in [0.15, 0.2) is 41.9 Å². The highest BCUT2D eigenvalue weighted by Crippen LogP contribution is 2.41. The van der Waals surface area contributed by atoms with Crippen LogP contribution in [0.3, 0.4) is 0 Å². The Morgan fingerprint density at radius 2 is 2.03 bits per heavy atom. The minimum Gasteiger partial charge on any atom is -0.497 e. The molecule has 1 amide bonds. The Balaban J connectivity index is 1.80. The summed E-state index contributed by atoms with van der Waals surface area (Å²) < 4.78 is 23.2. The van der Waals surface area contributed by atoms with Crippen LogP contribution in [0.4, 0.5) is 4.79 Å². The topological polar surface area (TPSA) is 89.8 Å². The second kappa shape index (κ2) is 10.9. The van der Waals surface area contributed by atoms with Crippen LogP contribution < -0.4 is 4.74 Å². The molecule has 1 aromatic carbocycles. The summed E-state index contributed by atoms with van der Waals surface area (Å²) in [5, 5.41) is 10.4. The predicted molar refractivity (Wildman–Crippen MR) is 128 cm³/mol. The fraction of sp³-hybridized carbons (Fsp3) is 0.583. The number of carbonyl (C=O) groups is 1. The number of methoxy groups -OCH3 is 1. The Hall–Kier alpha value is -2.07. The number of rotatable bonds is 7. The van der Waals surface area contributed by atoms with Crippen molar-refractivity contribution in [1.82, 2.24) is 4.90 Å². The molecule has 0 aromatic heterocycles. The molecule has 0 aliphatic carbocycles. The van der Waals surface area contributed by atoms with Crippen LogP contribution in [0.25, 0.3) is 0 Å². The van der Waals surface area contributed by atoms with E-state index in [9.17, 15) is 9.90 Å². The van der Waals surface area contributed by atoms with Gasteiger partial charge in [-0.2, -0.15) is 0 Å². The fourth-order valence-corrected chi connectivity index (χ4v) is 4.95. The fourth-order valence-electron chi connectivity index (χ4n) is 3.73. The van der Waals surface area contributed by atoms with Crippen molar-refractivity contribution in [3.05, 3.63) is 42.5 Å². The van der Waals surface area contributed by atoms with Gasteiger partial charge >= 0.3 is 6.09 Å². The Bertz CT molecular complexity index is 854. The number of thioether (sulfide) groups is 1. The first kappa shape index (κ1) is 25.6. The molecule has 2 aliphatic rings. The van der Waals surface area contributed by atoms with Crippen molar-refractivity contribution in [3.63, 3.8) is 0 Å². The largest absolute Gasteiger partial charge is 0.497 e. The lowest BCUT2D eigenvalue weighted by Crippen LogP contribution is -2.52. The number of aliphatic hydroxyl groups is 1. The first-order chi connectivity index (χ1) is 15.7. The second-order valence-electron chi connectivity index (χ2n) is 9.11. The minimum absolute atomic E-state index is 0.0902. The number of aliphatic imine (C=N–C) groups is 1. The molecule has 1 fully saturated rings. The molecule has 1 N–H and O–H groups in total. The van der Waals surface area contributed by atoms with Crippen molar-refractivity contribution in [2.24, 2.45) is 10.9 Å². The molecule has 2 aliphatic heterocycles. The second-order valence-corrected chi connectivity index (χ2v) is 10.2. The van der Waals surface area contributed by atoms with Gasteiger partial charge in [-0.25, -0.2) is 4.79 Å². The molecule has 33 heavy (non-hydrogen) atoms. The first-order valence-corrected chi connectivity index (χ1v) is 11.9. The van der Waals surface area contributed by atoms with Crippen LogP contribution in [0.2, 0.25) is 0 Å². The molecule has 1 aromatic rings. The van der Waals surface area contributed by atoms with Gasteiger partial charge in [0, 0.05) is 12.5 Å². The van der Waals surface area contributed by atoms with Crippen molar-refractivity contribution < 1.29 is 28.8 Å². The van der Waals surface area contributed by atoms with Gasteiger partial charge in [0.1, 0.15) is 22.8 Å². The zero-order chi connectivity index (χ0) is 24.2. The summed E-state index contributed by atoms with van der Waals surface area (Å²) in [6.07, 6.45) is 0.461. The van der Waals surface area contributed by atoms with Crippen molar-refractivity contribution in [3.8, 4) is 5.75 Å².